The molecule has 0 aliphatic rings. The van der Waals surface area contributed by atoms with Crippen LogP contribution < -0.4 is 5.32 Å². The first-order chi connectivity index (χ1) is 9.97. The summed E-state index contributed by atoms with van der Waals surface area (Å²) >= 11 is 5.89. The number of benzene rings is 2. The molecule has 0 amide bonds. The maximum Gasteiger partial charge on any atom is 0.416 e. The third-order valence-corrected chi connectivity index (χ3v) is 3.14. The first-order valence-electron chi connectivity index (χ1n) is 6.29. The highest BCUT2D eigenvalue weighted by Crippen LogP contribution is 2.33. The number of anilines is 1. The Balaban J connectivity index is 2.01. The highest BCUT2D eigenvalue weighted by Gasteiger charge is 2.30. The van der Waals surface area contributed by atoms with Gasteiger partial charge in [-0.05, 0) is 23.8 Å². The minimum Gasteiger partial charge on any atom is -0.380 e. The van der Waals surface area contributed by atoms with E-state index in [1.165, 1.54) is 6.07 Å². The van der Waals surface area contributed by atoms with Gasteiger partial charge in [0.25, 0.3) is 0 Å². The van der Waals surface area contributed by atoms with Gasteiger partial charge in [-0.3, -0.25) is 0 Å². The largest absolute Gasteiger partial charge is 0.416 e. The van der Waals surface area contributed by atoms with Crippen LogP contribution in [0.5, 0.6) is 0 Å². The molecule has 0 saturated heterocycles. The zero-order valence-electron chi connectivity index (χ0n) is 11.0. The Labute approximate surface area is 126 Å². The molecule has 0 bridgehead atoms. The Morgan fingerprint density at radius 3 is 2.43 bits per heavy atom. The second kappa shape index (κ2) is 6.68. The van der Waals surface area contributed by atoms with Gasteiger partial charge in [-0.2, -0.15) is 13.2 Å². The summed E-state index contributed by atoms with van der Waals surface area (Å²) in [4.78, 5) is 0. The lowest BCUT2D eigenvalue weighted by Gasteiger charge is -2.11. The van der Waals surface area contributed by atoms with E-state index in [1.807, 2.05) is 42.5 Å². The molecule has 0 heterocycles. The lowest BCUT2D eigenvalue weighted by atomic mass is 10.2. The summed E-state index contributed by atoms with van der Waals surface area (Å²) in [5.74, 6) is 0. The average Bonchev–Trinajstić information content (AvgIpc) is 2.45. The molecule has 0 saturated carbocycles. The van der Waals surface area contributed by atoms with Gasteiger partial charge in [0, 0.05) is 6.54 Å². The molecule has 0 radical (unpaired) electrons. The zero-order chi connectivity index (χ0) is 15.3. The van der Waals surface area contributed by atoms with Crippen molar-refractivity contribution in [1.29, 1.82) is 0 Å². The summed E-state index contributed by atoms with van der Waals surface area (Å²) in [7, 11) is 0. The third-order valence-electron chi connectivity index (χ3n) is 2.81. The van der Waals surface area contributed by atoms with E-state index in [9.17, 15) is 13.2 Å². The van der Waals surface area contributed by atoms with Gasteiger partial charge in [-0.25, -0.2) is 0 Å². The minimum atomic E-state index is -4.37. The quantitative estimate of drug-likeness (QED) is 0.788. The molecule has 1 nitrogen and oxygen atoms in total. The van der Waals surface area contributed by atoms with Crippen molar-refractivity contribution in [3.8, 4) is 0 Å². The monoisotopic (exact) mass is 311 g/mol. The predicted octanol–water partition coefficient (Wildman–Crippen LogP) is 5.48. The highest BCUT2D eigenvalue weighted by atomic mass is 35.5. The molecule has 2 aromatic rings. The van der Waals surface area contributed by atoms with Crippen LogP contribution in [0.2, 0.25) is 5.02 Å². The first-order valence-corrected chi connectivity index (χ1v) is 6.67. The molecular weight excluding hydrogens is 299 g/mol. The molecule has 0 aliphatic heterocycles. The molecule has 0 fully saturated rings. The van der Waals surface area contributed by atoms with E-state index in [0.29, 0.717) is 6.54 Å². The fourth-order valence-corrected chi connectivity index (χ4v) is 1.95. The number of alkyl halides is 3. The summed E-state index contributed by atoms with van der Waals surface area (Å²) in [5.41, 5.74) is 0.570. The minimum absolute atomic E-state index is 0.260. The molecular formula is C16H13ClF3N. The number of hydrogen-bond donors (Lipinski definition) is 1. The average molecular weight is 312 g/mol. The Hall–Kier alpha value is -1.94. The van der Waals surface area contributed by atoms with Gasteiger partial charge in [-0.1, -0.05) is 54.1 Å². The van der Waals surface area contributed by atoms with Gasteiger partial charge in [-0.15, -0.1) is 0 Å². The highest BCUT2D eigenvalue weighted by molar-refractivity contribution is 6.33. The van der Waals surface area contributed by atoms with E-state index in [1.54, 1.807) is 0 Å². The lowest BCUT2D eigenvalue weighted by molar-refractivity contribution is -0.137. The summed E-state index contributed by atoms with van der Waals surface area (Å²) in [6, 6.07) is 12.8. The van der Waals surface area contributed by atoms with Gasteiger partial charge in [0.05, 0.1) is 16.3 Å². The summed E-state index contributed by atoms with van der Waals surface area (Å²) < 4.78 is 37.9. The van der Waals surface area contributed by atoms with Crippen molar-refractivity contribution >= 4 is 23.4 Å². The standard InChI is InChI=1S/C16H13ClF3N/c17-14-9-8-13(16(18,19)20)11-15(14)21-10-4-7-12-5-2-1-3-6-12/h1-9,11,21H,10H2/b7-4+. The zero-order valence-corrected chi connectivity index (χ0v) is 11.7. The van der Waals surface area contributed by atoms with E-state index in [2.05, 4.69) is 5.32 Å². The number of rotatable bonds is 4. The molecule has 0 spiro atoms. The van der Waals surface area contributed by atoms with Crippen LogP contribution in [0, 0.1) is 0 Å². The molecule has 110 valence electrons. The maximum atomic E-state index is 12.6. The van der Waals surface area contributed by atoms with Crippen molar-refractivity contribution in [2.24, 2.45) is 0 Å². The molecule has 1 N–H and O–H groups in total. The molecule has 5 heteroatoms. The van der Waals surface area contributed by atoms with Crippen molar-refractivity contribution in [2.75, 3.05) is 11.9 Å². The summed E-state index contributed by atoms with van der Waals surface area (Å²) in [5, 5.41) is 3.14. The fraction of sp³-hybridized carbons (Fsp3) is 0.125. The molecule has 2 aromatic carbocycles. The fourth-order valence-electron chi connectivity index (χ4n) is 1.77. The Morgan fingerprint density at radius 1 is 1.05 bits per heavy atom. The van der Waals surface area contributed by atoms with E-state index >= 15 is 0 Å². The smallest absolute Gasteiger partial charge is 0.380 e. The van der Waals surface area contributed by atoms with Crippen molar-refractivity contribution < 1.29 is 13.2 Å². The molecule has 0 aromatic heterocycles. The molecule has 21 heavy (non-hydrogen) atoms. The molecule has 2 rings (SSSR count). The third kappa shape index (κ3) is 4.53. The van der Waals surface area contributed by atoms with Gasteiger partial charge in [0.15, 0.2) is 0 Å². The Morgan fingerprint density at radius 2 is 1.76 bits per heavy atom. The maximum absolute atomic E-state index is 12.6. The van der Waals surface area contributed by atoms with Crippen LogP contribution in [0.1, 0.15) is 11.1 Å². The SMILES string of the molecule is FC(F)(F)c1ccc(Cl)c(NC/C=C/c2ccccc2)c1. The van der Waals surface area contributed by atoms with Crippen LogP contribution in [0.15, 0.2) is 54.6 Å². The normalized spacial score (nSPS) is 11.8. The number of nitrogens with one attached hydrogen (secondary N) is 1. The second-order valence-corrected chi connectivity index (χ2v) is 4.79. The second-order valence-electron chi connectivity index (χ2n) is 4.39. The van der Waals surface area contributed by atoms with Crippen molar-refractivity contribution in [2.45, 2.75) is 6.18 Å². The van der Waals surface area contributed by atoms with Gasteiger partial charge < -0.3 is 5.32 Å². The van der Waals surface area contributed by atoms with E-state index in [4.69, 9.17) is 11.6 Å². The van der Waals surface area contributed by atoms with Crippen LogP contribution in [-0.2, 0) is 6.18 Å². The van der Waals surface area contributed by atoms with E-state index < -0.39 is 11.7 Å². The van der Waals surface area contributed by atoms with Crippen LogP contribution >= 0.6 is 11.6 Å². The predicted molar refractivity (Wildman–Crippen MR) is 80.4 cm³/mol. The van der Waals surface area contributed by atoms with E-state index in [0.717, 1.165) is 17.7 Å². The number of hydrogen-bond acceptors (Lipinski definition) is 1. The van der Waals surface area contributed by atoms with Crippen LogP contribution in [-0.4, -0.2) is 6.54 Å². The summed E-state index contributed by atoms with van der Waals surface area (Å²) in [6.07, 6.45) is -0.665. The Bertz CT molecular complexity index is 621. The lowest BCUT2D eigenvalue weighted by Crippen LogP contribution is -2.06. The Kier molecular flexibility index (Phi) is 4.91. The van der Waals surface area contributed by atoms with Crippen molar-refractivity contribution in [3.05, 3.63) is 70.8 Å². The van der Waals surface area contributed by atoms with Crippen LogP contribution in [0.4, 0.5) is 18.9 Å². The number of halogens is 4. The van der Waals surface area contributed by atoms with Gasteiger partial charge in [0.1, 0.15) is 0 Å². The van der Waals surface area contributed by atoms with Gasteiger partial charge in [0.2, 0.25) is 0 Å². The van der Waals surface area contributed by atoms with Crippen molar-refractivity contribution in [1.82, 2.24) is 0 Å². The first kappa shape index (κ1) is 15.4. The van der Waals surface area contributed by atoms with Gasteiger partial charge >= 0.3 is 6.18 Å². The summed E-state index contributed by atoms with van der Waals surface area (Å²) in [6.45, 7) is 0.385. The topological polar surface area (TPSA) is 12.0 Å². The molecule has 0 unspecified atom stereocenters. The van der Waals surface area contributed by atoms with Crippen molar-refractivity contribution in [3.63, 3.8) is 0 Å². The van der Waals surface area contributed by atoms with Crippen LogP contribution in [0.25, 0.3) is 6.08 Å². The molecule has 0 aliphatic carbocycles. The molecule has 0 atom stereocenters. The van der Waals surface area contributed by atoms with E-state index in [-0.39, 0.29) is 10.7 Å². The van der Waals surface area contributed by atoms with Crippen LogP contribution in [0.3, 0.4) is 0 Å².